The molecule has 0 spiro atoms. The highest BCUT2D eigenvalue weighted by molar-refractivity contribution is 9.10. The fourth-order valence-electron chi connectivity index (χ4n) is 1.87. The van der Waals surface area contributed by atoms with Crippen molar-refractivity contribution in [1.82, 2.24) is 0 Å². The Morgan fingerprint density at radius 2 is 1.04 bits per heavy atom. The summed E-state index contributed by atoms with van der Waals surface area (Å²) >= 11 is 5.77. The van der Waals surface area contributed by atoms with E-state index < -0.39 is 46.7 Å². The van der Waals surface area contributed by atoms with Gasteiger partial charge in [-0.2, -0.15) is 17.6 Å². The molecule has 0 unspecified atom stereocenters. The normalized spacial score (nSPS) is 11.9. The summed E-state index contributed by atoms with van der Waals surface area (Å²) in [5.74, 6) is -18.7. The molecule has 150 valence electrons. The van der Waals surface area contributed by atoms with Crippen molar-refractivity contribution in [3.05, 3.63) is 57.0 Å². The van der Waals surface area contributed by atoms with Crippen LogP contribution in [0.4, 0.5) is 37.7 Å². The van der Waals surface area contributed by atoms with Crippen molar-refractivity contribution in [1.29, 1.82) is 0 Å². The van der Waals surface area contributed by atoms with Crippen LogP contribution in [0.5, 0.6) is 0 Å². The topological polar surface area (TPSA) is 58.2 Å². The minimum Gasteiger partial charge on any atom is -0.318 e. The predicted molar refractivity (Wildman–Crippen MR) is 95.4 cm³/mol. The Morgan fingerprint density at radius 3 is 1.32 bits per heavy atom. The molecule has 0 saturated heterocycles. The number of benzene rings is 2. The second-order valence-electron chi connectivity index (χ2n) is 5.31. The van der Waals surface area contributed by atoms with Gasteiger partial charge in [-0.25, -0.2) is 8.78 Å². The maximum atomic E-state index is 14.0. The Balaban J connectivity index is 2.23. The predicted octanol–water partition coefficient (Wildman–Crippen LogP) is 5.34. The molecule has 0 aliphatic rings. The zero-order chi connectivity index (χ0) is 21.3. The lowest BCUT2D eigenvalue weighted by atomic mass is 10.1. The SMILES string of the molecule is O=C(Nc1ccc(Br)cc1F)C(F)(F)C(F)(F)C(=O)Nc1ccc(Br)cc1F. The van der Waals surface area contributed by atoms with Gasteiger partial charge in [-0.05, 0) is 36.4 Å². The van der Waals surface area contributed by atoms with Crippen LogP contribution in [-0.4, -0.2) is 23.7 Å². The summed E-state index contributed by atoms with van der Waals surface area (Å²) in [4.78, 5) is 23.2. The molecule has 0 atom stereocenters. The molecule has 0 aliphatic carbocycles. The zero-order valence-electron chi connectivity index (χ0n) is 13.3. The first kappa shape index (κ1) is 22.2. The minimum absolute atomic E-state index is 0.205. The fourth-order valence-corrected chi connectivity index (χ4v) is 2.53. The molecule has 0 aromatic heterocycles. The van der Waals surface area contributed by atoms with E-state index in [1.807, 2.05) is 0 Å². The Hall–Kier alpha value is -2.08. The van der Waals surface area contributed by atoms with Gasteiger partial charge >= 0.3 is 23.7 Å². The Bertz CT molecular complexity index is 864. The van der Waals surface area contributed by atoms with Crippen LogP contribution in [0.1, 0.15) is 0 Å². The van der Waals surface area contributed by atoms with Crippen molar-refractivity contribution in [3.8, 4) is 0 Å². The van der Waals surface area contributed by atoms with E-state index in [0.717, 1.165) is 36.4 Å². The molecule has 0 saturated carbocycles. The van der Waals surface area contributed by atoms with Crippen molar-refractivity contribution in [2.24, 2.45) is 0 Å². The molecule has 2 aromatic rings. The van der Waals surface area contributed by atoms with Crippen LogP contribution in [-0.2, 0) is 9.59 Å². The number of hydrogen-bond acceptors (Lipinski definition) is 2. The van der Waals surface area contributed by atoms with Crippen molar-refractivity contribution in [3.63, 3.8) is 0 Å². The number of nitrogens with one attached hydrogen (secondary N) is 2. The second kappa shape index (κ2) is 8.11. The van der Waals surface area contributed by atoms with E-state index >= 15 is 0 Å². The first-order valence-electron chi connectivity index (χ1n) is 7.15. The molecule has 2 rings (SSSR count). The molecular weight excluding hydrogens is 526 g/mol. The first-order valence-corrected chi connectivity index (χ1v) is 8.73. The average Bonchev–Trinajstić information content (AvgIpc) is 2.59. The molecule has 2 aromatic carbocycles. The minimum atomic E-state index is -5.57. The summed E-state index contributed by atoms with van der Waals surface area (Å²) in [6.07, 6.45) is 0. The summed E-state index contributed by atoms with van der Waals surface area (Å²) in [7, 11) is 0. The number of anilines is 2. The Morgan fingerprint density at radius 1 is 0.714 bits per heavy atom. The molecule has 12 heteroatoms. The van der Waals surface area contributed by atoms with E-state index in [9.17, 15) is 35.9 Å². The van der Waals surface area contributed by atoms with Crippen molar-refractivity contribution in [2.75, 3.05) is 10.6 Å². The Labute approximate surface area is 170 Å². The molecule has 2 N–H and O–H groups in total. The molecule has 0 radical (unpaired) electrons. The molecule has 28 heavy (non-hydrogen) atoms. The third kappa shape index (κ3) is 4.49. The van der Waals surface area contributed by atoms with Gasteiger partial charge in [0.05, 0.1) is 11.4 Å². The lowest BCUT2D eigenvalue weighted by Crippen LogP contribution is -2.56. The van der Waals surface area contributed by atoms with E-state index in [1.54, 1.807) is 0 Å². The van der Waals surface area contributed by atoms with E-state index in [4.69, 9.17) is 0 Å². The van der Waals surface area contributed by atoms with E-state index in [1.165, 1.54) is 10.6 Å². The Kier molecular flexibility index (Phi) is 6.44. The van der Waals surface area contributed by atoms with Gasteiger partial charge in [0, 0.05) is 8.95 Å². The number of rotatable bonds is 5. The molecule has 4 nitrogen and oxygen atoms in total. The van der Waals surface area contributed by atoms with E-state index in [-0.39, 0.29) is 8.95 Å². The molecule has 0 bridgehead atoms. The van der Waals surface area contributed by atoms with Crippen LogP contribution < -0.4 is 10.6 Å². The number of halogens is 8. The van der Waals surface area contributed by atoms with Gasteiger partial charge in [0.25, 0.3) is 0 Å². The summed E-state index contributed by atoms with van der Waals surface area (Å²) in [5, 5.41) is 2.59. The first-order chi connectivity index (χ1) is 12.9. The van der Waals surface area contributed by atoms with Gasteiger partial charge in [0.2, 0.25) is 0 Å². The molecule has 0 aliphatic heterocycles. The summed E-state index contributed by atoms with van der Waals surface area (Å²) in [6, 6.07) is 5.63. The van der Waals surface area contributed by atoms with Gasteiger partial charge in [0.1, 0.15) is 11.6 Å². The largest absolute Gasteiger partial charge is 0.396 e. The van der Waals surface area contributed by atoms with Crippen LogP contribution in [0, 0.1) is 11.6 Å². The number of alkyl halides is 4. The standard InChI is InChI=1S/C16H8Br2F6N2O2/c17-7-1-3-11(9(19)5-7)25-13(27)15(21,22)16(23,24)14(28)26-12-4-2-8(18)6-10(12)20/h1-6H,(H,25,27)(H,26,28). The molecule has 2 amide bonds. The number of carbonyl (C=O) groups is 2. The fraction of sp³-hybridized carbons (Fsp3) is 0.125. The maximum Gasteiger partial charge on any atom is 0.396 e. The van der Waals surface area contributed by atoms with Gasteiger partial charge in [-0.15, -0.1) is 0 Å². The van der Waals surface area contributed by atoms with Gasteiger partial charge in [-0.1, -0.05) is 31.9 Å². The number of carbonyl (C=O) groups excluding carboxylic acids is 2. The summed E-state index contributed by atoms with van der Waals surface area (Å²) in [6.45, 7) is 0. The van der Waals surface area contributed by atoms with Gasteiger partial charge < -0.3 is 10.6 Å². The highest BCUT2D eigenvalue weighted by Crippen LogP contribution is 2.37. The van der Waals surface area contributed by atoms with E-state index in [2.05, 4.69) is 31.9 Å². The van der Waals surface area contributed by atoms with Gasteiger partial charge in [0.15, 0.2) is 0 Å². The van der Waals surface area contributed by atoms with Crippen LogP contribution in [0.25, 0.3) is 0 Å². The second-order valence-corrected chi connectivity index (χ2v) is 7.14. The summed E-state index contributed by atoms with van der Waals surface area (Å²) in [5.41, 5.74) is -1.61. The number of hydrogen-bond donors (Lipinski definition) is 2. The quantitative estimate of drug-likeness (QED) is 0.510. The highest BCUT2D eigenvalue weighted by atomic mass is 79.9. The van der Waals surface area contributed by atoms with Crippen LogP contribution in [0.15, 0.2) is 45.3 Å². The molecule has 0 fully saturated rings. The average molecular weight is 534 g/mol. The third-order valence-electron chi connectivity index (χ3n) is 3.32. The van der Waals surface area contributed by atoms with Crippen molar-refractivity contribution < 1.29 is 35.9 Å². The number of amides is 2. The zero-order valence-corrected chi connectivity index (χ0v) is 16.5. The summed E-state index contributed by atoms with van der Waals surface area (Å²) < 4.78 is 83.5. The van der Waals surface area contributed by atoms with E-state index in [0.29, 0.717) is 0 Å². The highest BCUT2D eigenvalue weighted by Gasteiger charge is 2.67. The van der Waals surface area contributed by atoms with Crippen molar-refractivity contribution in [2.45, 2.75) is 11.8 Å². The smallest absolute Gasteiger partial charge is 0.318 e. The molecular formula is C16H8Br2F6N2O2. The lowest BCUT2D eigenvalue weighted by Gasteiger charge is -2.24. The van der Waals surface area contributed by atoms with Gasteiger partial charge in [-0.3, -0.25) is 9.59 Å². The third-order valence-corrected chi connectivity index (χ3v) is 4.31. The van der Waals surface area contributed by atoms with Crippen LogP contribution >= 0.6 is 31.9 Å². The lowest BCUT2D eigenvalue weighted by molar-refractivity contribution is -0.204. The van der Waals surface area contributed by atoms with Crippen LogP contribution in [0.3, 0.4) is 0 Å². The van der Waals surface area contributed by atoms with Crippen molar-refractivity contribution >= 4 is 55.0 Å². The van der Waals surface area contributed by atoms with Crippen LogP contribution in [0.2, 0.25) is 0 Å². The monoisotopic (exact) mass is 532 g/mol. The maximum absolute atomic E-state index is 14.0. The molecule has 0 heterocycles.